The molecule has 1 aromatic carbocycles. The summed E-state index contributed by atoms with van der Waals surface area (Å²) in [5, 5.41) is 3.08. The van der Waals surface area contributed by atoms with Gasteiger partial charge in [-0.25, -0.2) is 4.39 Å². The van der Waals surface area contributed by atoms with Gasteiger partial charge in [-0.05, 0) is 44.8 Å². The van der Waals surface area contributed by atoms with Crippen LogP contribution in [0.4, 0.5) is 4.39 Å². The third-order valence-corrected chi connectivity index (χ3v) is 4.23. The molecule has 0 radical (unpaired) electrons. The zero-order valence-electron chi connectivity index (χ0n) is 11.6. The van der Waals surface area contributed by atoms with Crippen molar-refractivity contribution in [1.29, 1.82) is 0 Å². The van der Waals surface area contributed by atoms with Crippen molar-refractivity contribution in [1.82, 2.24) is 10.2 Å². The van der Waals surface area contributed by atoms with Crippen molar-refractivity contribution in [2.45, 2.75) is 38.3 Å². The molecule has 1 saturated heterocycles. The Morgan fingerprint density at radius 1 is 1.20 bits per heavy atom. The first-order valence-corrected chi connectivity index (χ1v) is 7.48. The van der Waals surface area contributed by atoms with E-state index in [0.29, 0.717) is 12.6 Å². The summed E-state index contributed by atoms with van der Waals surface area (Å²) < 4.78 is 13.6. The zero-order valence-corrected chi connectivity index (χ0v) is 11.6. The smallest absolute Gasteiger partial charge is 0.223 e. The predicted molar refractivity (Wildman–Crippen MR) is 75.6 cm³/mol. The first-order chi connectivity index (χ1) is 9.72. The number of benzene rings is 1. The molecule has 1 N–H and O–H groups in total. The summed E-state index contributed by atoms with van der Waals surface area (Å²) in [6.45, 7) is 2.39. The van der Waals surface area contributed by atoms with Gasteiger partial charge in [0, 0.05) is 24.1 Å². The summed E-state index contributed by atoms with van der Waals surface area (Å²) in [4.78, 5) is 14.2. The van der Waals surface area contributed by atoms with E-state index < -0.39 is 0 Å². The summed E-state index contributed by atoms with van der Waals surface area (Å²) in [6.07, 6.45) is 4.04. The topological polar surface area (TPSA) is 32.3 Å². The summed E-state index contributed by atoms with van der Waals surface area (Å²) >= 11 is 0. The molecule has 0 bridgehead atoms. The lowest BCUT2D eigenvalue weighted by atomic mass is 9.95. The van der Waals surface area contributed by atoms with Gasteiger partial charge in [0.15, 0.2) is 0 Å². The van der Waals surface area contributed by atoms with Gasteiger partial charge in [0.05, 0.1) is 0 Å². The van der Waals surface area contributed by atoms with Gasteiger partial charge >= 0.3 is 0 Å². The van der Waals surface area contributed by atoms with Crippen molar-refractivity contribution in [3.8, 4) is 0 Å². The number of halogens is 1. The van der Waals surface area contributed by atoms with Crippen LogP contribution in [-0.4, -0.2) is 29.9 Å². The standard InChI is InChI=1S/C16H21FN2O/c17-15-4-2-1-3-13(15)11-19-9-7-12(8-10-19)16(20)18-14-5-6-14/h1-4,12,14H,5-11H2,(H,18,20). The molecule has 1 aliphatic heterocycles. The van der Waals surface area contributed by atoms with Gasteiger partial charge in [-0.2, -0.15) is 0 Å². The quantitative estimate of drug-likeness (QED) is 0.915. The maximum atomic E-state index is 13.6. The van der Waals surface area contributed by atoms with E-state index in [1.807, 2.05) is 12.1 Å². The van der Waals surface area contributed by atoms with E-state index in [0.717, 1.165) is 44.3 Å². The SMILES string of the molecule is O=C(NC1CC1)C1CCN(Cc2ccccc2F)CC1. The molecule has 1 aromatic rings. The van der Waals surface area contributed by atoms with E-state index in [9.17, 15) is 9.18 Å². The van der Waals surface area contributed by atoms with E-state index in [2.05, 4.69) is 10.2 Å². The largest absolute Gasteiger partial charge is 0.353 e. The number of nitrogens with zero attached hydrogens (tertiary/aromatic N) is 1. The molecule has 1 saturated carbocycles. The Morgan fingerprint density at radius 3 is 2.55 bits per heavy atom. The number of piperidine rings is 1. The highest BCUT2D eigenvalue weighted by atomic mass is 19.1. The Morgan fingerprint density at radius 2 is 1.90 bits per heavy atom. The van der Waals surface area contributed by atoms with Crippen LogP contribution in [0, 0.1) is 11.7 Å². The van der Waals surface area contributed by atoms with Crippen molar-refractivity contribution in [2.75, 3.05) is 13.1 Å². The molecule has 1 heterocycles. The molecular formula is C16H21FN2O. The van der Waals surface area contributed by atoms with Crippen LogP contribution in [0.15, 0.2) is 24.3 Å². The Balaban J connectivity index is 1.48. The lowest BCUT2D eigenvalue weighted by Crippen LogP contribution is -2.40. The molecule has 1 amide bonds. The first-order valence-electron chi connectivity index (χ1n) is 7.48. The minimum Gasteiger partial charge on any atom is -0.353 e. The van der Waals surface area contributed by atoms with Crippen molar-refractivity contribution in [2.24, 2.45) is 5.92 Å². The highest BCUT2D eigenvalue weighted by molar-refractivity contribution is 5.79. The van der Waals surface area contributed by atoms with Gasteiger partial charge in [0.2, 0.25) is 5.91 Å². The second-order valence-corrected chi connectivity index (χ2v) is 5.92. The van der Waals surface area contributed by atoms with Crippen molar-refractivity contribution >= 4 is 5.91 Å². The number of carbonyl (C=O) groups excluding carboxylic acids is 1. The highest BCUT2D eigenvalue weighted by Crippen LogP contribution is 2.23. The van der Waals surface area contributed by atoms with Crippen LogP contribution in [-0.2, 0) is 11.3 Å². The fourth-order valence-electron chi connectivity index (χ4n) is 2.77. The monoisotopic (exact) mass is 276 g/mol. The fourth-order valence-corrected chi connectivity index (χ4v) is 2.77. The normalized spacial score (nSPS) is 20.9. The second-order valence-electron chi connectivity index (χ2n) is 5.92. The van der Waals surface area contributed by atoms with Gasteiger partial charge in [-0.15, -0.1) is 0 Å². The molecule has 3 nitrogen and oxygen atoms in total. The molecule has 1 aliphatic carbocycles. The number of hydrogen-bond donors (Lipinski definition) is 1. The molecule has 0 atom stereocenters. The second kappa shape index (κ2) is 5.92. The van der Waals surface area contributed by atoms with E-state index in [1.54, 1.807) is 6.07 Å². The number of likely N-dealkylation sites (tertiary alicyclic amines) is 1. The molecule has 20 heavy (non-hydrogen) atoms. The average molecular weight is 276 g/mol. The number of hydrogen-bond acceptors (Lipinski definition) is 2. The van der Waals surface area contributed by atoms with Crippen molar-refractivity contribution < 1.29 is 9.18 Å². The van der Waals surface area contributed by atoms with E-state index >= 15 is 0 Å². The Kier molecular flexibility index (Phi) is 4.01. The van der Waals surface area contributed by atoms with Crippen LogP contribution in [0.1, 0.15) is 31.2 Å². The molecule has 108 valence electrons. The lowest BCUT2D eigenvalue weighted by Gasteiger charge is -2.31. The number of nitrogens with one attached hydrogen (secondary N) is 1. The molecule has 0 spiro atoms. The summed E-state index contributed by atoms with van der Waals surface area (Å²) in [6, 6.07) is 7.37. The molecule has 3 rings (SSSR count). The number of carbonyl (C=O) groups is 1. The van der Waals surface area contributed by atoms with Gasteiger partial charge in [-0.3, -0.25) is 9.69 Å². The van der Waals surface area contributed by atoms with Gasteiger partial charge < -0.3 is 5.32 Å². The molecule has 2 fully saturated rings. The summed E-state index contributed by atoms with van der Waals surface area (Å²) in [5.74, 6) is 0.228. The van der Waals surface area contributed by atoms with Gasteiger partial charge in [-0.1, -0.05) is 18.2 Å². The molecule has 2 aliphatic rings. The van der Waals surface area contributed by atoms with Crippen LogP contribution >= 0.6 is 0 Å². The van der Waals surface area contributed by atoms with E-state index in [-0.39, 0.29) is 17.6 Å². The maximum absolute atomic E-state index is 13.6. The minimum absolute atomic E-state index is 0.138. The van der Waals surface area contributed by atoms with Gasteiger partial charge in [0.25, 0.3) is 0 Å². The predicted octanol–water partition coefficient (Wildman–Crippen LogP) is 2.32. The number of amides is 1. The van der Waals surface area contributed by atoms with Gasteiger partial charge in [0.1, 0.15) is 5.82 Å². The van der Waals surface area contributed by atoms with Crippen LogP contribution in [0.25, 0.3) is 0 Å². The Labute approximate surface area is 119 Å². The molecule has 4 heteroatoms. The highest BCUT2D eigenvalue weighted by Gasteiger charge is 2.29. The van der Waals surface area contributed by atoms with Crippen LogP contribution < -0.4 is 5.32 Å². The lowest BCUT2D eigenvalue weighted by molar-refractivity contribution is -0.126. The Bertz CT molecular complexity index is 479. The molecule has 0 aromatic heterocycles. The van der Waals surface area contributed by atoms with Crippen LogP contribution in [0.3, 0.4) is 0 Å². The summed E-state index contributed by atoms with van der Waals surface area (Å²) in [7, 11) is 0. The fraction of sp³-hybridized carbons (Fsp3) is 0.562. The average Bonchev–Trinajstić information content (AvgIpc) is 3.26. The maximum Gasteiger partial charge on any atom is 0.223 e. The van der Waals surface area contributed by atoms with Crippen molar-refractivity contribution in [3.05, 3.63) is 35.6 Å². The van der Waals surface area contributed by atoms with Crippen LogP contribution in [0.5, 0.6) is 0 Å². The van der Waals surface area contributed by atoms with E-state index in [4.69, 9.17) is 0 Å². The third kappa shape index (κ3) is 3.37. The van der Waals surface area contributed by atoms with E-state index in [1.165, 1.54) is 6.07 Å². The first kappa shape index (κ1) is 13.6. The Hall–Kier alpha value is -1.42. The molecule has 0 unspecified atom stereocenters. The zero-order chi connectivity index (χ0) is 13.9. The minimum atomic E-state index is -0.138. The van der Waals surface area contributed by atoms with Crippen LogP contribution in [0.2, 0.25) is 0 Å². The molecular weight excluding hydrogens is 255 g/mol. The van der Waals surface area contributed by atoms with Crippen molar-refractivity contribution in [3.63, 3.8) is 0 Å². The third-order valence-electron chi connectivity index (χ3n) is 4.23. The summed E-state index contributed by atoms with van der Waals surface area (Å²) in [5.41, 5.74) is 0.744. The number of rotatable bonds is 4.